The van der Waals surface area contributed by atoms with Gasteiger partial charge in [0.1, 0.15) is 11.5 Å². The molecule has 2 aromatic rings. The number of hydrogen-bond donors (Lipinski definition) is 0. The van der Waals surface area contributed by atoms with Gasteiger partial charge in [-0.25, -0.2) is 4.79 Å². The maximum absolute atomic E-state index is 11.8. The lowest BCUT2D eigenvalue weighted by molar-refractivity contribution is 0.101. The summed E-state index contributed by atoms with van der Waals surface area (Å²) in [7, 11) is 0. The minimum absolute atomic E-state index is 0.0952. The summed E-state index contributed by atoms with van der Waals surface area (Å²) in [5.41, 5.74) is 0.507. The van der Waals surface area contributed by atoms with E-state index in [9.17, 15) is 14.4 Å². The Kier molecular flexibility index (Phi) is 6.94. The van der Waals surface area contributed by atoms with E-state index >= 15 is 0 Å². The summed E-state index contributed by atoms with van der Waals surface area (Å²) in [6.07, 6.45) is -0.440. The lowest BCUT2D eigenvalue weighted by Gasteiger charge is -2.09. The molecule has 2 rings (SSSR count). The van der Waals surface area contributed by atoms with Crippen molar-refractivity contribution in [3.05, 3.63) is 72.8 Å². The van der Waals surface area contributed by atoms with Crippen LogP contribution in [0, 0.1) is 0 Å². The molecule has 0 bridgehead atoms. The van der Waals surface area contributed by atoms with Gasteiger partial charge in [0.05, 0.1) is 11.1 Å². The van der Waals surface area contributed by atoms with Gasteiger partial charge in [-0.15, -0.1) is 13.2 Å². The number of carbonyl (C=O) groups excluding carboxylic acids is 3. The van der Waals surface area contributed by atoms with E-state index in [1.54, 1.807) is 30.3 Å². The Balaban J connectivity index is 0.00000127. The summed E-state index contributed by atoms with van der Waals surface area (Å²) in [5.74, 6) is -0.0249. The van der Waals surface area contributed by atoms with Crippen LogP contribution in [0.3, 0.4) is 0 Å². The standard InChI is InChI=1S/C16H12O5.C2H4/c1-11(18)13-7-3-5-9-15(13)21-16(19)20-14-8-4-2-6-12(14)10-17;1-2/h2-10H,1H3;1-2H2. The van der Waals surface area contributed by atoms with Gasteiger partial charge in [-0.1, -0.05) is 24.3 Å². The number of aldehydes is 1. The van der Waals surface area contributed by atoms with Gasteiger partial charge in [-0.2, -0.15) is 0 Å². The molecule has 23 heavy (non-hydrogen) atoms. The first-order chi connectivity index (χ1) is 11.1. The molecule has 0 atom stereocenters. The quantitative estimate of drug-likeness (QED) is 0.280. The van der Waals surface area contributed by atoms with Gasteiger partial charge in [0.25, 0.3) is 0 Å². The minimum Gasteiger partial charge on any atom is -0.394 e. The van der Waals surface area contributed by atoms with Gasteiger partial charge >= 0.3 is 6.16 Å². The molecule has 0 aromatic heterocycles. The predicted molar refractivity (Wildman–Crippen MR) is 86.2 cm³/mol. The van der Waals surface area contributed by atoms with Gasteiger partial charge < -0.3 is 9.47 Å². The average molecular weight is 312 g/mol. The smallest absolute Gasteiger partial charge is 0.394 e. The largest absolute Gasteiger partial charge is 0.519 e. The number of Topliss-reactive ketones (excluding diaryl/α,β-unsaturated/α-hetero) is 1. The molecule has 0 aliphatic carbocycles. The van der Waals surface area contributed by atoms with Crippen LogP contribution in [0.15, 0.2) is 61.7 Å². The van der Waals surface area contributed by atoms with Gasteiger partial charge in [0.2, 0.25) is 0 Å². The maximum atomic E-state index is 11.8. The molecular weight excluding hydrogens is 296 g/mol. The molecule has 0 aliphatic rings. The molecule has 5 nitrogen and oxygen atoms in total. The van der Waals surface area contributed by atoms with Crippen molar-refractivity contribution in [2.45, 2.75) is 6.92 Å². The lowest BCUT2D eigenvalue weighted by Crippen LogP contribution is -2.16. The first-order valence-corrected chi connectivity index (χ1v) is 6.65. The van der Waals surface area contributed by atoms with Crippen LogP contribution in [-0.2, 0) is 0 Å². The highest BCUT2D eigenvalue weighted by Gasteiger charge is 2.14. The summed E-state index contributed by atoms with van der Waals surface area (Å²) < 4.78 is 9.98. The van der Waals surface area contributed by atoms with E-state index in [1.807, 2.05) is 0 Å². The van der Waals surface area contributed by atoms with Crippen LogP contribution >= 0.6 is 0 Å². The number of ether oxygens (including phenoxy) is 2. The number of rotatable bonds is 4. The van der Waals surface area contributed by atoms with Crippen LogP contribution in [-0.4, -0.2) is 18.2 Å². The van der Waals surface area contributed by atoms with Crippen molar-refractivity contribution in [2.24, 2.45) is 0 Å². The topological polar surface area (TPSA) is 69.7 Å². The SMILES string of the molecule is C=C.CC(=O)c1ccccc1OC(=O)Oc1ccccc1C=O. The van der Waals surface area contributed by atoms with Gasteiger partial charge in [0.15, 0.2) is 12.1 Å². The van der Waals surface area contributed by atoms with Crippen LogP contribution < -0.4 is 9.47 Å². The summed E-state index contributed by atoms with van der Waals surface area (Å²) >= 11 is 0. The molecular formula is C18H16O5. The molecule has 0 saturated heterocycles. The van der Waals surface area contributed by atoms with E-state index in [-0.39, 0.29) is 28.4 Å². The Hall–Kier alpha value is -3.21. The van der Waals surface area contributed by atoms with Crippen LogP contribution in [0.5, 0.6) is 11.5 Å². The minimum atomic E-state index is -1.02. The lowest BCUT2D eigenvalue weighted by atomic mass is 10.1. The second-order valence-electron chi connectivity index (χ2n) is 4.16. The molecule has 0 fully saturated rings. The van der Waals surface area contributed by atoms with Gasteiger partial charge in [-0.05, 0) is 31.2 Å². The zero-order valence-corrected chi connectivity index (χ0v) is 12.7. The van der Waals surface area contributed by atoms with Crippen LogP contribution in [0.25, 0.3) is 0 Å². The van der Waals surface area contributed by atoms with Crippen molar-refractivity contribution in [3.63, 3.8) is 0 Å². The zero-order chi connectivity index (χ0) is 17.2. The highest BCUT2D eigenvalue weighted by atomic mass is 16.7. The fraction of sp³-hybridized carbons (Fsp3) is 0.0556. The van der Waals surface area contributed by atoms with Crippen molar-refractivity contribution in [2.75, 3.05) is 0 Å². The van der Waals surface area contributed by atoms with Gasteiger partial charge in [-0.3, -0.25) is 9.59 Å². The van der Waals surface area contributed by atoms with Crippen molar-refractivity contribution in [3.8, 4) is 11.5 Å². The number of ketones is 1. The van der Waals surface area contributed by atoms with Crippen molar-refractivity contribution in [1.82, 2.24) is 0 Å². The van der Waals surface area contributed by atoms with E-state index in [2.05, 4.69) is 13.2 Å². The predicted octanol–water partition coefficient (Wildman–Crippen LogP) is 4.08. The average Bonchev–Trinajstić information content (AvgIpc) is 2.57. The van der Waals surface area contributed by atoms with Crippen molar-refractivity contribution >= 4 is 18.2 Å². The Morgan fingerprint density at radius 2 is 1.43 bits per heavy atom. The van der Waals surface area contributed by atoms with Crippen LogP contribution in [0.2, 0.25) is 0 Å². The van der Waals surface area contributed by atoms with E-state index in [1.165, 1.54) is 25.1 Å². The third-order valence-corrected chi connectivity index (χ3v) is 2.70. The normalized spacial score (nSPS) is 9.09. The second-order valence-corrected chi connectivity index (χ2v) is 4.16. The molecule has 0 spiro atoms. The Morgan fingerprint density at radius 1 is 0.913 bits per heavy atom. The molecule has 0 heterocycles. The Morgan fingerprint density at radius 3 is 2.04 bits per heavy atom. The van der Waals surface area contributed by atoms with E-state index < -0.39 is 6.16 Å². The highest BCUT2D eigenvalue weighted by molar-refractivity contribution is 5.97. The molecule has 118 valence electrons. The van der Waals surface area contributed by atoms with E-state index in [0.717, 1.165) is 0 Å². The fourth-order valence-electron chi connectivity index (χ4n) is 1.72. The zero-order valence-electron chi connectivity index (χ0n) is 12.7. The van der Waals surface area contributed by atoms with E-state index in [4.69, 9.17) is 9.47 Å². The summed E-state index contributed by atoms with van der Waals surface area (Å²) in [4.78, 5) is 34.0. The van der Waals surface area contributed by atoms with Crippen molar-refractivity contribution < 1.29 is 23.9 Å². The summed E-state index contributed by atoms with van der Waals surface area (Å²) in [5, 5.41) is 0. The number of carbonyl (C=O) groups is 3. The molecule has 0 N–H and O–H groups in total. The molecule has 0 saturated carbocycles. The number of benzene rings is 2. The third-order valence-electron chi connectivity index (χ3n) is 2.70. The van der Waals surface area contributed by atoms with Gasteiger partial charge in [0, 0.05) is 0 Å². The monoisotopic (exact) mass is 312 g/mol. The van der Waals surface area contributed by atoms with Crippen molar-refractivity contribution in [1.29, 1.82) is 0 Å². The molecule has 2 aromatic carbocycles. The maximum Gasteiger partial charge on any atom is 0.519 e. The molecule has 0 aliphatic heterocycles. The highest BCUT2D eigenvalue weighted by Crippen LogP contribution is 2.21. The molecule has 0 unspecified atom stereocenters. The number of para-hydroxylation sites is 2. The third kappa shape index (κ3) is 4.93. The fourth-order valence-corrected chi connectivity index (χ4v) is 1.72. The van der Waals surface area contributed by atoms with E-state index in [0.29, 0.717) is 6.29 Å². The first kappa shape index (κ1) is 17.8. The second kappa shape index (κ2) is 8.94. The first-order valence-electron chi connectivity index (χ1n) is 6.65. The van der Waals surface area contributed by atoms with Crippen LogP contribution in [0.4, 0.5) is 4.79 Å². The van der Waals surface area contributed by atoms with Crippen LogP contribution in [0.1, 0.15) is 27.6 Å². The molecule has 0 radical (unpaired) electrons. The Labute approximate surface area is 134 Å². The summed E-state index contributed by atoms with van der Waals surface area (Å²) in [6, 6.07) is 12.6. The number of hydrogen-bond acceptors (Lipinski definition) is 5. The Bertz CT molecular complexity index is 706. The molecule has 0 amide bonds. The molecule has 5 heteroatoms. The summed E-state index contributed by atoms with van der Waals surface area (Å²) in [6.45, 7) is 7.37.